The second kappa shape index (κ2) is 12.6. The molecule has 3 aliphatic heterocycles. The van der Waals surface area contributed by atoms with Crippen molar-refractivity contribution in [3.8, 4) is 0 Å². The van der Waals surface area contributed by atoms with Crippen LogP contribution in [0.2, 0.25) is 0 Å². The highest BCUT2D eigenvalue weighted by Crippen LogP contribution is 2.44. The summed E-state index contributed by atoms with van der Waals surface area (Å²) in [5.74, 6) is -2.71. The van der Waals surface area contributed by atoms with Crippen molar-refractivity contribution in [3.63, 3.8) is 0 Å². The second-order valence-electron chi connectivity index (χ2n) is 11.3. The van der Waals surface area contributed by atoms with Crippen LogP contribution in [0, 0.1) is 10.1 Å². The number of nitro groups is 1. The van der Waals surface area contributed by atoms with Crippen molar-refractivity contribution in [3.05, 3.63) is 111 Å². The van der Waals surface area contributed by atoms with Crippen LogP contribution in [0.3, 0.4) is 0 Å². The van der Waals surface area contributed by atoms with E-state index in [1.165, 1.54) is 43.3 Å². The summed E-state index contributed by atoms with van der Waals surface area (Å²) >= 11 is 0. The number of hydrogen-bond acceptors (Lipinski definition) is 11. The van der Waals surface area contributed by atoms with Crippen LogP contribution in [0.25, 0.3) is 0 Å². The highest BCUT2D eigenvalue weighted by atomic mass is 16.7. The second-order valence-corrected chi connectivity index (χ2v) is 11.3. The minimum atomic E-state index is -2.61. The number of ketones is 2. The Morgan fingerprint density at radius 1 is 0.957 bits per heavy atom. The first-order valence-electron chi connectivity index (χ1n) is 14.6. The molecule has 1 N–H and O–H groups in total. The Bertz CT molecular complexity index is 1640. The lowest BCUT2D eigenvalue weighted by atomic mass is 9.76. The fraction of sp³-hybridized carbons (Fsp3) is 0.333. The van der Waals surface area contributed by atoms with E-state index < -0.39 is 65.4 Å². The van der Waals surface area contributed by atoms with Crippen LogP contribution in [0.4, 0.5) is 5.69 Å². The number of ether oxygens (including phenoxy) is 4. The number of aliphatic hydroxyl groups is 1. The number of non-ortho nitro benzene ring substituents is 1. The summed E-state index contributed by atoms with van der Waals surface area (Å²) in [7, 11) is 0. The number of carbonyl (C=O) groups excluding carboxylic acids is 4. The number of hydrogen-bond donors (Lipinski definition) is 1. The molecule has 0 bridgehead atoms. The number of nitrogens with zero attached hydrogens (tertiary/aromatic N) is 2. The largest absolute Gasteiger partial charge is 0.377 e. The van der Waals surface area contributed by atoms with Crippen LogP contribution in [0.5, 0.6) is 0 Å². The van der Waals surface area contributed by atoms with Crippen LogP contribution in [0.15, 0.2) is 78.9 Å². The molecule has 3 aromatic rings. The monoisotopic (exact) mass is 630 g/mol. The smallest absolute Gasteiger partial charge is 0.269 e. The normalized spacial score (nSPS) is 27.2. The van der Waals surface area contributed by atoms with Crippen molar-refractivity contribution in [1.29, 1.82) is 0 Å². The number of rotatable bonds is 10. The van der Waals surface area contributed by atoms with E-state index in [4.69, 9.17) is 18.9 Å². The van der Waals surface area contributed by atoms with E-state index in [2.05, 4.69) is 0 Å². The lowest BCUT2D eigenvalue weighted by Gasteiger charge is -2.54. The number of benzene rings is 3. The van der Waals surface area contributed by atoms with Crippen LogP contribution < -0.4 is 0 Å². The van der Waals surface area contributed by atoms with Gasteiger partial charge in [-0.3, -0.25) is 29.4 Å². The molecule has 0 radical (unpaired) electrons. The fourth-order valence-electron chi connectivity index (χ4n) is 6.05. The number of carbonyl (C=O) groups is 4. The van der Waals surface area contributed by atoms with Gasteiger partial charge < -0.3 is 28.8 Å². The van der Waals surface area contributed by atoms with Crippen molar-refractivity contribution < 1.29 is 48.2 Å². The molecule has 2 amide bonds. The van der Waals surface area contributed by atoms with E-state index in [1.807, 2.05) is 0 Å². The summed E-state index contributed by atoms with van der Waals surface area (Å²) < 4.78 is 24.5. The molecule has 2 saturated heterocycles. The van der Waals surface area contributed by atoms with Gasteiger partial charge in [0.1, 0.15) is 24.0 Å². The Morgan fingerprint density at radius 2 is 1.59 bits per heavy atom. The van der Waals surface area contributed by atoms with E-state index in [-0.39, 0.29) is 42.2 Å². The predicted octanol–water partition coefficient (Wildman–Crippen LogP) is 3.28. The van der Waals surface area contributed by atoms with Gasteiger partial charge in [0.25, 0.3) is 17.5 Å². The van der Waals surface area contributed by atoms with Gasteiger partial charge in [-0.2, -0.15) is 0 Å². The minimum Gasteiger partial charge on any atom is -0.377 e. The van der Waals surface area contributed by atoms with Crippen molar-refractivity contribution in [2.45, 2.75) is 62.8 Å². The SMILES string of the molecule is CC(=O)CCC(=O)[C@]1(O)[C@@H]2OC(c3ccccc3)OC[C@H]2O[C@@H](OCc2ccc([N+](=O)[O-])cc2)[C@@H]1N1C(=O)c2ccccc2C1=O. The van der Waals surface area contributed by atoms with Gasteiger partial charge in [0, 0.05) is 30.5 Å². The number of nitro benzene ring substituents is 1. The molecule has 238 valence electrons. The molecule has 3 aromatic carbocycles. The van der Waals surface area contributed by atoms with E-state index in [9.17, 15) is 34.4 Å². The molecule has 3 heterocycles. The number of amides is 2. The maximum atomic E-state index is 14.1. The zero-order valence-electron chi connectivity index (χ0n) is 24.6. The van der Waals surface area contributed by atoms with Gasteiger partial charge in [-0.05, 0) is 36.8 Å². The zero-order chi connectivity index (χ0) is 32.6. The predicted molar refractivity (Wildman–Crippen MR) is 157 cm³/mol. The first kappa shape index (κ1) is 31.3. The van der Waals surface area contributed by atoms with E-state index in [0.717, 1.165) is 4.90 Å². The number of Topliss-reactive ketones (excluding diaryl/α,β-unsaturated/α-hetero) is 2. The maximum absolute atomic E-state index is 14.1. The molecular formula is C33H30N2O11. The molecular weight excluding hydrogens is 600 g/mol. The average Bonchev–Trinajstić information content (AvgIpc) is 3.31. The van der Waals surface area contributed by atoms with Crippen molar-refractivity contribution in [1.82, 2.24) is 4.90 Å². The molecule has 13 nitrogen and oxygen atoms in total. The van der Waals surface area contributed by atoms with E-state index in [1.54, 1.807) is 42.5 Å². The van der Waals surface area contributed by atoms with E-state index >= 15 is 0 Å². The molecule has 2 fully saturated rings. The van der Waals surface area contributed by atoms with Crippen LogP contribution in [-0.2, 0) is 35.1 Å². The molecule has 1 unspecified atom stereocenters. The molecule has 13 heteroatoms. The van der Waals surface area contributed by atoms with Crippen molar-refractivity contribution in [2.75, 3.05) is 6.61 Å². The summed E-state index contributed by atoms with van der Waals surface area (Å²) in [5.41, 5.74) is -1.55. The summed E-state index contributed by atoms with van der Waals surface area (Å²) in [6.07, 6.45) is -5.77. The Hall–Kier alpha value is -4.66. The van der Waals surface area contributed by atoms with Crippen LogP contribution in [-0.4, -0.2) is 75.1 Å². The first-order chi connectivity index (χ1) is 22.1. The highest BCUT2D eigenvalue weighted by molar-refractivity contribution is 6.22. The van der Waals surface area contributed by atoms with Gasteiger partial charge in [-0.25, -0.2) is 0 Å². The topological polar surface area (TPSA) is 172 Å². The lowest BCUT2D eigenvalue weighted by Crippen LogP contribution is -2.77. The third kappa shape index (κ3) is 5.63. The molecule has 0 spiro atoms. The van der Waals surface area contributed by atoms with Gasteiger partial charge in [-0.15, -0.1) is 0 Å². The number of fused-ring (bicyclic) bond motifs is 2. The zero-order valence-corrected chi connectivity index (χ0v) is 24.6. The lowest BCUT2D eigenvalue weighted by molar-refractivity contribution is -0.384. The van der Waals surface area contributed by atoms with Gasteiger partial charge in [0.2, 0.25) is 0 Å². The van der Waals surface area contributed by atoms with Crippen LogP contribution in [0.1, 0.15) is 57.9 Å². The molecule has 46 heavy (non-hydrogen) atoms. The average molecular weight is 631 g/mol. The quantitative estimate of drug-likeness (QED) is 0.198. The van der Waals surface area contributed by atoms with Crippen LogP contribution >= 0.6 is 0 Å². The Balaban J connectivity index is 1.42. The molecule has 0 aromatic heterocycles. The van der Waals surface area contributed by atoms with Crippen molar-refractivity contribution >= 4 is 29.1 Å². The molecule has 6 rings (SSSR count). The third-order valence-corrected chi connectivity index (χ3v) is 8.36. The molecule has 6 atom stereocenters. The fourth-order valence-corrected chi connectivity index (χ4v) is 6.05. The molecule has 3 aliphatic rings. The minimum absolute atomic E-state index is 0.0670. The van der Waals surface area contributed by atoms with E-state index in [0.29, 0.717) is 11.1 Å². The third-order valence-electron chi connectivity index (χ3n) is 8.36. The summed E-state index contributed by atoms with van der Waals surface area (Å²) in [4.78, 5) is 65.1. The Kier molecular flexibility index (Phi) is 8.59. The first-order valence-corrected chi connectivity index (χ1v) is 14.6. The Morgan fingerprint density at radius 3 is 2.20 bits per heavy atom. The highest BCUT2D eigenvalue weighted by Gasteiger charge is 2.66. The molecule has 0 aliphatic carbocycles. The summed E-state index contributed by atoms with van der Waals surface area (Å²) in [6.45, 7) is 0.919. The Labute approximate surface area is 262 Å². The van der Waals surface area contributed by atoms with Gasteiger partial charge in [0.15, 0.2) is 24.0 Å². The van der Waals surface area contributed by atoms with Gasteiger partial charge in [0.05, 0.1) is 29.3 Å². The summed E-state index contributed by atoms with van der Waals surface area (Å²) in [6, 6.07) is 18.6. The maximum Gasteiger partial charge on any atom is 0.269 e. The van der Waals surface area contributed by atoms with Gasteiger partial charge >= 0.3 is 0 Å². The summed E-state index contributed by atoms with van der Waals surface area (Å²) in [5, 5.41) is 23.8. The van der Waals surface area contributed by atoms with Crippen molar-refractivity contribution in [2.24, 2.45) is 0 Å². The standard InChI is InChI=1S/C33H30N2O11/c1-19(36)11-16-26(37)33(40)27(34-29(38)23-9-5-6-10-24(23)30(34)39)32(43-17-20-12-14-22(15-13-20)35(41)42)45-25-18-44-31(46-28(25)33)21-7-3-2-4-8-21/h2-10,12-15,25,27-28,31-32,40H,11,16-18H2,1H3/t25-,27+,28-,31?,32-,33-/m1/s1. The molecule has 0 saturated carbocycles. The number of imide groups is 1. The van der Waals surface area contributed by atoms with Gasteiger partial charge in [-0.1, -0.05) is 42.5 Å².